The van der Waals surface area contributed by atoms with Gasteiger partial charge in [0.1, 0.15) is 0 Å². The van der Waals surface area contributed by atoms with Crippen LogP contribution in [0.2, 0.25) is 0 Å². The first kappa shape index (κ1) is 14.4. The predicted octanol–water partition coefficient (Wildman–Crippen LogP) is -0.463. The number of H-pyrrole nitrogens is 1. The van der Waals surface area contributed by atoms with Crippen LogP contribution < -0.4 is 0 Å². The van der Waals surface area contributed by atoms with Crippen LogP contribution in [0.1, 0.15) is 17.7 Å². The second kappa shape index (κ2) is 5.58. The molecule has 2 heterocycles. The maximum atomic E-state index is 12.6. The van der Waals surface area contributed by atoms with E-state index in [2.05, 4.69) is 15.1 Å². The molecule has 2 rings (SSSR count). The Labute approximate surface area is 113 Å². The average molecular weight is 288 g/mol. The molecule has 1 saturated heterocycles. The average Bonchev–Trinajstić information content (AvgIpc) is 2.60. The first-order valence-corrected chi connectivity index (χ1v) is 7.74. The highest BCUT2D eigenvalue weighted by atomic mass is 32.2. The minimum atomic E-state index is -3.63. The van der Waals surface area contributed by atoms with Gasteiger partial charge in [0.2, 0.25) is 0 Å². The normalized spacial score (nSPS) is 19.5. The molecular formula is C11H20N4O3S. The van der Waals surface area contributed by atoms with Gasteiger partial charge in [-0.1, -0.05) is 0 Å². The molecule has 0 spiro atoms. The molecule has 7 nitrogen and oxygen atoms in total. The molecule has 19 heavy (non-hydrogen) atoms. The molecule has 1 fully saturated rings. The Balaban J connectivity index is 2.31. The Kier molecular flexibility index (Phi) is 4.24. The second-order valence-electron chi connectivity index (χ2n) is 4.85. The molecule has 0 unspecified atom stereocenters. The van der Waals surface area contributed by atoms with Crippen LogP contribution in [-0.2, 0) is 16.6 Å². The van der Waals surface area contributed by atoms with Gasteiger partial charge in [-0.2, -0.15) is 9.40 Å². The van der Waals surface area contributed by atoms with Crippen molar-refractivity contribution in [1.82, 2.24) is 19.4 Å². The van der Waals surface area contributed by atoms with Crippen molar-refractivity contribution in [3.8, 4) is 0 Å². The predicted molar refractivity (Wildman–Crippen MR) is 70.1 cm³/mol. The van der Waals surface area contributed by atoms with Crippen molar-refractivity contribution >= 4 is 10.0 Å². The highest BCUT2D eigenvalue weighted by Gasteiger charge is 2.31. The van der Waals surface area contributed by atoms with E-state index in [1.807, 2.05) is 7.05 Å². The summed E-state index contributed by atoms with van der Waals surface area (Å²) in [5.41, 5.74) is 0.950. The summed E-state index contributed by atoms with van der Waals surface area (Å²) in [6.07, 6.45) is 0.799. The van der Waals surface area contributed by atoms with Crippen molar-refractivity contribution in [1.29, 1.82) is 0 Å². The van der Waals surface area contributed by atoms with Gasteiger partial charge in [-0.25, -0.2) is 8.42 Å². The first-order chi connectivity index (χ1) is 8.96. The van der Waals surface area contributed by atoms with Crippen molar-refractivity contribution < 1.29 is 13.5 Å². The summed E-state index contributed by atoms with van der Waals surface area (Å²) in [5, 5.41) is 15.7. The van der Waals surface area contributed by atoms with Gasteiger partial charge >= 0.3 is 0 Å². The highest BCUT2D eigenvalue weighted by molar-refractivity contribution is 7.89. The molecule has 0 saturated carbocycles. The number of likely N-dealkylation sites (N-methyl/N-ethyl adjacent to an activating group) is 1. The fourth-order valence-corrected chi connectivity index (χ4v) is 3.84. The third-order valence-electron chi connectivity index (χ3n) is 3.46. The van der Waals surface area contributed by atoms with Gasteiger partial charge in [-0.05, 0) is 26.9 Å². The van der Waals surface area contributed by atoms with Crippen LogP contribution in [0.5, 0.6) is 0 Å². The summed E-state index contributed by atoms with van der Waals surface area (Å²) in [4.78, 5) is 2.11. The molecule has 1 aromatic rings. The molecule has 0 radical (unpaired) electrons. The monoisotopic (exact) mass is 288 g/mol. The van der Waals surface area contributed by atoms with Crippen molar-refractivity contribution in [3.63, 3.8) is 0 Å². The van der Waals surface area contributed by atoms with Crippen LogP contribution in [0, 0.1) is 6.92 Å². The quantitative estimate of drug-likeness (QED) is 0.785. The van der Waals surface area contributed by atoms with E-state index in [4.69, 9.17) is 0 Å². The van der Waals surface area contributed by atoms with E-state index >= 15 is 0 Å². The Morgan fingerprint density at radius 3 is 2.74 bits per heavy atom. The third kappa shape index (κ3) is 2.81. The summed E-state index contributed by atoms with van der Waals surface area (Å²) >= 11 is 0. The summed E-state index contributed by atoms with van der Waals surface area (Å²) < 4.78 is 26.6. The van der Waals surface area contributed by atoms with Gasteiger partial charge in [-0.15, -0.1) is 0 Å². The molecule has 2 N–H and O–H groups in total. The molecule has 8 heteroatoms. The molecule has 0 bridgehead atoms. The number of hydrogen-bond acceptors (Lipinski definition) is 5. The number of nitrogens with one attached hydrogen (secondary N) is 1. The Bertz CT molecular complexity index is 540. The highest BCUT2D eigenvalue weighted by Crippen LogP contribution is 2.21. The zero-order valence-electron chi connectivity index (χ0n) is 11.3. The fourth-order valence-electron chi connectivity index (χ4n) is 2.22. The summed E-state index contributed by atoms with van der Waals surface area (Å²) in [6.45, 7) is 3.91. The standard InChI is InChI=1S/C11H20N4O3S/c1-9-10(8-16)11(13-12-9)19(17,18)15-5-3-4-14(2)6-7-15/h16H,3-8H2,1-2H3,(H,12,13). The van der Waals surface area contributed by atoms with Gasteiger partial charge in [0.05, 0.1) is 6.61 Å². The summed E-state index contributed by atoms with van der Waals surface area (Å²) in [7, 11) is -1.65. The smallest absolute Gasteiger partial charge is 0.262 e. The van der Waals surface area contributed by atoms with Gasteiger partial charge in [0, 0.05) is 30.9 Å². The van der Waals surface area contributed by atoms with Crippen LogP contribution in [-0.4, -0.2) is 66.2 Å². The summed E-state index contributed by atoms with van der Waals surface area (Å²) in [6, 6.07) is 0. The van der Waals surface area contributed by atoms with E-state index in [9.17, 15) is 13.5 Å². The number of hydrogen-bond donors (Lipinski definition) is 2. The Morgan fingerprint density at radius 2 is 2.05 bits per heavy atom. The number of nitrogens with zero attached hydrogens (tertiary/aromatic N) is 3. The van der Waals surface area contributed by atoms with Crippen molar-refractivity contribution in [2.24, 2.45) is 0 Å². The largest absolute Gasteiger partial charge is 0.392 e. The maximum absolute atomic E-state index is 12.6. The number of aromatic amines is 1. The first-order valence-electron chi connectivity index (χ1n) is 6.30. The van der Waals surface area contributed by atoms with E-state index in [1.54, 1.807) is 6.92 Å². The van der Waals surface area contributed by atoms with Gasteiger partial charge in [-0.3, -0.25) is 5.10 Å². The zero-order chi connectivity index (χ0) is 14.0. The summed E-state index contributed by atoms with van der Waals surface area (Å²) in [5.74, 6) is 0. The number of rotatable bonds is 3. The molecule has 0 aliphatic carbocycles. The molecule has 0 aromatic carbocycles. The van der Waals surface area contributed by atoms with Crippen LogP contribution >= 0.6 is 0 Å². The third-order valence-corrected chi connectivity index (χ3v) is 5.33. The molecule has 0 atom stereocenters. The second-order valence-corrected chi connectivity index (χ2v) is 6.70. The fraction of sp³-hybridized carbons (Fsp3) is 0.727. The number of sulfonamides is 1. The van der Waals surface area contributed by atoms with Crippen LogP contribution in [0.15, 0.2) is 5.03 Å². The van der Waals surface area contributed by atoms with E-state index in [0.29, 0.717) is 30.9 Å². The van der Waals surface area contributed by atoms with Crippen molar-refractivity contribution in [3.05, 3.63) is 11.3 Å². The SMILES string of the molecule is Cc1[nH]nc(S(=O)(=O)N2CCCN(C)CC2)c1CO. The zero-order valence-corrected chi connectivity index (χ0v) is 12.1. The lowest BCUT2D eigenvalue weighted by molar-refractivity contribution is 0.277. The number of aryl methyl sites for hydroxylation is 1. The van der Waals surface area contributed by atoms with Gasteiger partial charge in [0.15, 0.2) is 5.03 Å². The Hall–Kier alpha value is -0.960. The molecular weight excluding hydrogens is 268 g/mol. The molecule has 1 aromatic heterocycles. The number of aliphatic hydroxyl groups is 1. The van der Waals surface area contributed by atoms with Gasteiger partial charge < -0.3 is 10.0 Å². The molecule has 1 aliphatic heterocycles. The van der Waals surface area contributed by atoms with E-state index in [0.717, 1.165) is 13.0 Å². The van der Waals surface area contributed by atoms with Crippen molar-refractivity contribution in [2.45, 2.75) is 25.0 Å². The lowest BCUT2D eigenvalue weighted by atomic mass is 10.3. The van der Waals surface area contributed by atoms with Crippen LogP contribution in [0.4, 0.5) is 0 Å². The molecule has 108 valence electrons. The minimum absolute atomic E-state index is 0.0444. The molecule has 1 aliphatic rings. The Morgan fingerprint density at radius 1 is 1.32 bits per heavy atom. The minimum Gasteiger partial charge on any atom is -0.392 e. The van der Waals surface area contributed by atoms with Gasteiger partial charge in [0.25, 0.3) is 10.0 Å². The number of aromatic nitrogens is 2. The maximum Gasteiger partial charge on any atom is 0.262 e. The molecule has 0 amide bonds. The van der Waals surface area contributed by atoms with Crippen LogP contribution in [0.25, 0.3) is 0 Å². The van der Waals surface area contributed by atoms with E-state index < -0.39 is 10.0 Å². The lowest BCUT2D eigenvalue weighted by Gasteiger charge is -2.19. The number of aliphatic hydroxyl groups excluding tert-OH is 1. The topological polar surface area (TPSA) is 89.5 Å². The van der Waals surface area contributed by atoms with Crippen molar-refractivity contribution in [2.75, 3.05) is 33.2 Å². The van der Waals surface area contributed by atoms with E-state index in [-0.39, 0.29) is 11.6 Å². The van der Waals surface area contributed by atoms with Crippen LogP contribution in [0.3, 0.4) is 0 Å². The lowest BCUT2D eigenvalue weighted by Crippen LogP contribution is -2.35. The van der Waals surface area contributed by atoms with E-state index in [1.165, 1.54) is 4.31 Å².